The Morgan fingerprint density at radius 3 is 2.35 bits per heavy atom. The maximum absolute atomic E-state index is 9.85. The van der Waals surface area contributed by atoms with Crippen LogP contribution in [0.2, 0.25) is 5.02 Å². The molecule has 0 aliphatic carbocycles. The third-order valence-electron chi connectivity index (χ3n) is 3.55. The number of nitrogen functional groups attached to an aromatic ring is 1. The van der Waals surface area contributed by atoms with Crippen LogP contribution >= 0.6 is 11.6 Å². The lowest BCUT2D eigenvalue weighted by Gasteiger charge is -2.37. The quantitative estimate of drug-likeness (QED) is 0.832. The van der Waals surface area contributed by atoms with Gasteiger partial charge in [0.15, 0.2) is 0 Å². The highest BCUT2D eigenvalue weighted by molar-refractivity contribution is 6.31. The van der Waals surface area contributed by atoms with E-state index in [-0.39, 0.29) is 0 Å². The molecule has 1 aromatic carbocycles. The Labute approximate surface area is 126 Å². The van der Waals surface area contributed by atoms with Crippen LogP contribution < -0.4 is 5.73 Å². The van der Waals surface area contributed by atoms with Gasteiger partial charge in [-0.25, -0.2) is 0 Å². The van der Waals surface area contributed by atoms with E-state index in [0.717, 1.165) is 49.9 Å². The summed E-state index contributed by atoms with van der Waals surface area (Å²) in [5.74, 6) is 0. The molecule has 0 spiro atoms. The van der Waals surface area contributed by atoms with Crippen molar-refractivity contribution in [2.45, 2.75) is 26.0 Å². The summed E-state index contributed by atoms with van der Waals surface area (Å²) in [5.41, 5.74) is 6.91. The number of anilines is 1. The van der Waals surface area contributed by atoms with E-state index in [2.05, 4.69) is 9.80 Å². The highest BCUT2D eigenvalue weighted by Crippen LogP contribution is 2.21. The number of nitrogens with two attached hydrogens (primary N) is 1. The van der Waals surface area contributed by atoms with E-state index < -0.39 is 5.60 Å². The van der Waals surface area contributed by atoms with Crippen LogP contribution in [0.1, 0.15) is 19.4 Å². The first kappa shape index (κ1) is 15.6. The van der Waals surface area contributed by atoms with Crippen LogP contribution in [-0.4, -0.2) is 53.2 Å². The zero-order chi connectivity index (χ0) is 14.8. The third-order valence-corrected chi connectivity index (χ3v) is 3.90. The van der Waals surface area contributed by atoms with Crippen molar-refractivity contribution in [2.75, 3.05) is 38.5 Å². The lowest BCUT2D eigenvalue weighted by atomic mass is 10.1. The number of β-amino-alcohol motifs (C(OH)–C–C–N with tert-alkyl or cyclic N) is 1. The number of nitrogens with zero attached hydrogens (tertiary/aromatic N) is 2. The maximum Gasteiger partial charge on any atom is 0.0718 e. The summed E-state index contributed by atoms with van der Waals surface area (Å²) in [7, 11) is 0. The van der Waals surface area contributed by atoms with E-state index in [1.807, 2.05) is 26.0 Å². The third kappa shape index (κ3) is 4.63. The number of piperazine rings is 1. The normalized spacial score (nSPS) is 18.4. The largest absolute Gasteiger partial charge is 0.399 e. The van der Waals surface area contributed by atoms with E-state index in [0.29, 0.717) is 5.69 Å². The molecule has 1 aromatic rings. The molecule has 0 aromatic heterocycles. The fraction of sp³-hybridized carbons (Fsp3) is 0.600. The first-order valence-corrected chi connectivity index (χ1v) is 7.42. The Kier molecular flexibility index (Phi) is 4.91. The zero-order valence-corrected chi connectivity index (χ0v) is 13.0. The molecule has 0 amide bonds. The summed E-state index contributed by atoms with van der Waals surface area (Å²) < 4.78 is 0. The van der Waals surface area contributed by atoms with Gasteiger partial charge in [-0.15, -0.1) is 0 Å². The molecule has 1 heterocycles. The van der Waals surface area contributed by atoms with Crippen LogP contribution in [0.5, 0.6) is 0 Å². The average molecular weight is 298 g/mol. The minimum atomic E-state index is -0.623. The van der Waals surface area contributed by atoms with Crippen molar-refractivity contribution >= 4 is 17.3 Å². The molecule has 0 unspecified atom stereocenters. The standard InChI is InChI=1S/C15H24ClN3O/c1-15(2,20)11-19-7-5-18(6-8-19)10-12-3-4-13(17)9-14(12)16/h3-4,9,20H,5-8,10-11,17H2,1-2H3. The van der Waals surface area contributed by atoms with Crippen LogP contribution in [0.15, 0.2) is 18.2 Å². The van der Waals surface area contributed by atoms with Gasteiger partial charge in [0.2, 0.25) is 0 Å². The van der Waals surface area contributed by atoms with Crippen molar-refractivity contribution in [3.8, 4) is 0 Å². The monoisotopic (exact) mass is 297 g/mol. The molecule has 4 nitrogen and oxygen atoms in total. The highest BCUT2D eigenvalue weighted by atomic mass is 35.5. The zero-order valence-electron chi connectivity index (χ0n) is 12.3. The molecule has 0 bridgehead atoms. The average Bonchev–Trinajstić information content (AvgIpc) is 2.33. The Balaban J connectivity index is 1.85. The van der Waals surface area contributed by atoms with Gasteiger partial charge in [0, 0.05) is 50.0 Å². The maximum atomic E-state index is 9.85. The summed E-state index contributed by atoms with van der Waals surface area (Å²) in [6.45, 7) is 9.25. The van der Waals surface area contributed by atoms with Crippen molar-refractivity contribution in [1.29, 1.82) is 0 Å². The lowest BCUT2D eigenvalue weighted by molar-refractivity contribution is 0.0167. The van der Waals surface area contributed by atoms with Crippen LogP contribution in [-0.2, 0) is 6.54 Å². The Bertz CT molecular complexity index is 451. The Morgan fingerprint density at radius 2 is 1.80 bits per heavy atom. The number of hydrogen-bond donors (Lipinski definition) is 2. The van der Waals surface area contributed by atoms with Crippen LogP contribution in [0.3, 0.4) is 0 Å². The number of halogens is 1. The van der Waals surface area contributed by atoms with Crippen molar-refractivity contribution in [3.05, 3.63) is 28.8 Å². The lowest BCUT2D eigenvalue weighted by Crippen LogP contribution is -2.50. The van der Waals surface area contributed by atoms with E-state index in [1.165, 1.54) is 0 Å². The fourth-order valence-corrected chi connectivity index (χ4v) is 2.83. The molecule has 1 saturated heterocycles. The van der Waals surface area contributed by atoms with Gasteiger partial charge in [-0.05, 0) is 31.5 Å². The molecule has 1 aliphatic rings. The van der Waals surface area contributed by atoms with Crippen LogP contribution in [0, 0.1) is 0 Å². The Hall–Kier alpha value is -0.810. The number of rotatable bonds is 4. The van der Waals surface area contributed by atoms with Gasteiger partial charge in [-0.1, -0.05) is 17.7 Å². The smallest absolute Gasteiger partial charge is 0.0718 e. The van der Waals surface area contributed by atoms with Crippen molar-refractivity contribution in [3.63, 3.8) is 0 Å². The van der Waals surface area contributed by atoms with E-state index in [1.54, 1.807) is 6.07 Å². The molecule has 0 radical (unpaired) electrons. The SMILES string of the molecule is CC(C)(O)CN1CCN(Cc2ccc(N)cc2Cl)CC1. The van der Waals surface area contributed by atoms with Crippen LogP contribution in [0.25, 0.3) is 0 Å². The van der Waals surface area contributed by atoms with E-state index >= 15 is 0 Å². The molecule has 2 rings (SSSR count). The number of benzene rings is 1. The second kappa shape index (κ2) is 6.31. The van der Waals surface area contributed by atoms with Crippen molar-refractivity contribution in [1.82, 2.24) is 9.80 Å². The predicted molar refractivity (Wildman–Crippen MR) is 83.9 cm³/mol. The summed E-state index contributed by atoms with van der Waals surface area (Å²) in [4.78, 5) is 4.69. The topological polar surface area (TPSA) is 52.7 Å². The minimum absolute atomic E-state index is 0.623. The van der Waals surface area contributed by atoms with E-state index in [4.69, 9.17) is 17.3 Å². The summed E-state index contributed by atoms with van der Waals surface area (Å²) >= 11 is 6.21. The highest BCUT2D eigenvalue weighted by Gasteiger charge is 2.22. The Morgan fingerprint density at radius 1 is 1.20 bits per heavy atom. The molecule has 1 fully saturated rings. The molecule has 1 aliphatic heterocycles. The summed E-state index contributed by atoms with van der Waals surface area (Å²) in [6.07, 6.45) is 0. The molecule has 20 heavy (non-hydrogen) atoms. The van der Waals surface area contributed by atoms with E-state index in [9.17, 15) is 5.11 Å². The molecule has 0 atom stereocenters. The minimum Gasteiger partial charge on any atom is -0.399 e. The predicted octanol–water partition coefficient (Wildman–Crippen LogP) is 1.81. The van der Waals surface area contributed by atoms with Gasteiger partial charge in [0.25, 0.3) is 0 Å². The molecular formula is C15H24ClN3O. The second-order valence-corrected chi connectivity index (χ2v) is 6.62. The summed E-state index contributed by atoms with van der Waals surface area (Å²) in [6, 6.07) is 5.70. The molecule has 3 N–H and O–H groups in total. The van der Waals surface area contributed by atoms with Crippen molar-refractivity contribution in [2.24, 2.45) is 0 Å². The fourth-order valence-electron chi connectivity index (χ4n) is 2.59. The number of aliphatic hydroxyl groups is 1. The first-order chi connectivity index (χ1) is 9.33. The van der Waals surface area contributed by atoms with Crippen molar-refractivity contribution < 1.29 is 5.11 Å². The second-order valence-electron chi connectivity index (χ2n) is 6.22. The summed E-state index contributed by atoms with van der Waals surface area (Å²) in [5, 5.41) is 10.6. The van der Waals surface area contributed by atoms with Crippen LogP contribution in [0.4, 0.5) is 5.69 Å². The van der Waals surface area contributed by atoms with Gasteiger partial charge < -0.3 is 10.8 Å². The molecule has 5 heteroatoms. The van der Waals surface area contributed by atoms with Gasteiger partial charge in [-0.2, -0.15) is 0 Å². The first-order valence-electron chi connectivity index (χ1n) is 7.04. The van der Waals surface area contributed by atoms with Gasteiger partial charge in [0.1, 0.15) is 0 Å². The number of hydrogen-bond acceptors (Lipinski definition) is 4. The molecule has 0 saturated carbocycles. The van der Waals surface area contributed by atoms with Gasteiger partial charge in [0.05, 0.1) is 5.60 Å². The molecular weight excluding hydrogens is 274 g/mol. The molecule has 112 valence electrons. The van der Waals surface area contributed by atoms with Gasteiger partial charge >= 0.3 is 0 Å². The van der Waals surface area contributed by atoms with Gasteiger partial charge in [-0.3, -0.25) is 9.80 Å².